The van der Waals surface area contributed by atoms with E-state index in [1.165, 1.54) is 5.57 Å². The van der Waals surface area contributed by atoms with Crippen molar-refractivity contribution in [3.63, 3.8) is 0 Å². The third-order valence-electron chi connectivity index (χ3n) is 4.87. The Kier molecular flexibility index (Phi) is 4.38. The van der Waals surface area contributed by atoms with Crippen molar-refractivity contribution in [2.45, 2.75) is 13.0 Å². The van der Waals surface area contributed by atoms with Crippen molar-refractivity contribution in [1.82, 2.24) is 20.4 Å². The van der Waals surface area contributed by atoms with E-state index in [2.05, 4.69) is 26.5 Å². The topological polar surface area (TPSA) is 79.5 Å². The molecule has 0 fully saturated rings. The maximum Gasteiger partial charge on any atom is 0.271 e. The van der Waals surface area contributed by atoms with E-state index in [0.29, 0.717) is 18.8 Å². The number of carbonyl (C=O) groups excluding carboxylic acids is 1. The minimum Gasteiger partial charge on any atom is -0.497 e. The highest BCUT2D eigenvalue weighted by Gasteiger charge is 2.26. The third-order valence-corrected chi connectivity index (χ3v) is 4.87. The van der Waals surface area contributed by atoms with Crippen LogP contribution in [-0.4, -0.2) is 54.9 Å². The molecule has 4 rings (SSSR count). The van der Waals surface area contributed by atoms with Gasteiger partial charge in [-0.15, -0.1) is 0 Å². The number of benzene rings is 1. The number of hydrogen-bond donors (Lipinski definition) is 2. The molecule has 2 N–H and O–H groups in total. The second-order valence-electron chi connectivity index (χ2n) is 6.56. The van der Waals surface area contributed by atoms with Crippen molar-refractivity contribution in [3.05, 3.63) is 46.3 Å². The van der Waals surface area contributed by atoms with Crippen LogP contribution in [-0.2, 0) is 13.0 Å². The zero-order valence-electron chi connectivity index (χ0n) is 15.0. The summed E-state index contributed by atoms with van der Waals surface area (Å²) < 4.78 is 11.2. The van der Waals surface area contributed by atoms with Crippen LogP contribution in [0.2, 0.25) is 0 Å². The van der Waals surface area contributed by atoms with Gasteiger partial charge in [-0.05, 0) is 29.8 Å². The van der Waals surface area contributed by atoms with Crippen LogP contribution in [0, 0.1) is 0 Å². The first-order valence-corrected chi connectivity index (χ1v) is 8.68. The number of fused-ring (bicyclic) bond motifs is 2. The molecule has 0 atom stereocenters. The predicted octanol–water partition coefficient (Wildman–Crippen LogP) is 1.61. The van der Waals surface area contributed by atoms with Crippen molar-refractivity contribution in [2.24, 2.45) is 0 Å². The van der Waals surface area contributed by atoms with Crippen molar-refractivity contribution in [3.8, 4) is 11.5 Å². The molecular weight excluding hydrogens is 332 g/mol. The molecule has 0 saturated heterocycles. The monoisotopic (exact) mass is 354 g/mol. The van der Waals surface area contributed by atoms with E-state index < -0.39 is 0 Å². The van der Waals surface area contributed by atoms with Crippen molar-refractivity contribution < 1.29 is 14.3 Å². The second-order valence-corrected chi connectivity index (χ2v) is 6.56. The maximum atomic E-state index is 12.0. The van der Waals surface area contributed by atoms with E-state index in [1.54, 1.807) is 14.2 Å². The first-order valence-electron chi connectivity index (χ1n) is 8.68. The van der Waals surface area contributed by atoms with Crippen LogP contribution < -0.4 is 14.8 Å². The molecule has 2 aliphatic rings. The SMILES string of the molecule is CNC(=O)c1n[nH]c2c1CN(CC1=Cc3cc(OC)ccc3OC1)CC2. The number of methoxy groups -OCH3 is 1. The Bertz CT molecular complexity index is 872. The number of ether oxygens (including phenoxy) is 2. The van der Waals surface area contributed by atoms with E-state index in [1.807, 2.05) is 18.2 Å². The van der Waals surface area contributed by atoms with Gasteiger partial charge in [-0.2, -0.15) is 5.10 Å². The number of aromatic nitrogens is 2. The number of carbonyl (C=O) groups is 1. The Balaban J connectivity index is 1.51. The van der Waals surface area contributed by atoms with Gasteiger partial charge >= 0.3 is 0 Å². The Morgan fingerprint density at radius 1 is 1.46 bits per heavy atom. The lowest BCUT2D eigenvalue weighted by Gasteiger charge is -2.29. The normalized spacial score (nSPS) is 16.2. The van der Waals surface area contributed by atoms with Gasteiger partial charge in [-0.25, -0.2) is 0 Å². The summed E-state index contributed by atoms with van der Waals surface area (Å²) in [5.41, 5.74) is 4.80. The third kappa shape index (κ3) is 3.06. The van der Waals surface area contributed by atoms with Gasteiger partial charge in [0.15, 0.2) is 5.69 Å². The average molecular weight is 354 g/mol. The molecule has 7 nitrogen and oxygen atoms in total. The summed E-state index contributed by atoms with van der Waals surface area (Å²) in [4.78, 5) is 14.3. The van der Waals surface area contributed by atoms with Gasteiger partial charge in [0.1, 0.15) is 18.1 Å². The predicted molar refractivity (Wildman–Crippen MR) is 97.4 cm³/mol. The van der Waals surface area contributed by atoms with Crippen LogP contribution in [0.4, 0.5) is 0 Å². The molecule has 3 heterocycles. The molecule has 0 radical (unpaired) electrons. The smallest absolute Gasteiger partial charge is 0.271 e. The first kappa shape index (κ1) is 16.7. The molecular formula is C19H22N4O3. The number of nitrogens with zero attached hydrogens (tertiary/aromatic N) is 2. The minimum atomic E-state index is -0.148. The van der Waals surface area contributed by atoms with Crippen LogP contribution in [0.3, 0.4) is 0 Å². The Morgan fingerprint density at radius 3 is 3.15 bits per heavy atom. The van der Waals surface area contributed by atoms with E-state index in [9.17, 15) is 4.79 Å². The molecule has 0 unspecified atom stereocenters. The van der Waals surface area contributed by atoms with Crippen molar-refractivity contribution in [1.29, 1.82) is 0 Å². The van der Waals surface area contributed by atoms with E-state index in [-0.39, 0.29) is 5.91 Å². The first-order chi connectivity index (χ1) is 12.7. The lowest BCUT2D eigenvalue weighted by atomic mass is 10.0. The summed E-state index contributed by atoms with van der Waals surface area (Å²) in [6, 6.07) is 5.83. The molecule has 0 spiro atoms. The van der Waals surface area contributed by atoms with Gasteiger partial charge in [0.05, 0.1) is 7.11 Å². The van der Waals surface area contributed by atoms with Crippen LogP contribution >= 0.6 is 0 Å². The summed E-state index contributed by atoms with van der Waals surface area (Å²) in [6.07, 6.45) is 3.03. The second kappa shape index (κ2) is 6.84. The Hall–Kier alpha value is -2.80. The molecule has 2 aromatic rings. The number of nitrogens with one attached hydrogen (secondary N) is 2. The van der Waals surface area contributed by atoms with Gasteiger partial charge in [0, 0.05) is 49.9 Å². The summed E-state index contributed by atoms with van der Waals surface area (Å²) >= 11 is 0. The van der Waals surface area contributed by atoms with E-state index >= 15 is 0 Å². The van der Waals surface area contributed by atoms with E-state index in [0.717, 1.165) is 47.8 Å². The zero-order valence-corrected chi connectivity index (χ0v) is 15.0. The molecule has 1 amide bonds. The standard InChI is InChI=1S/C19H22N4O3/c1-20-19(24)18-15-10-23(6-5-16(15)21-22-18)9-12-7-13-8-14(25-2)3-4-17(13)26-11-12/h3-4,7-8H,5-6,9-11H2,1-2H3,(H,20,24)(H,21,22). The number of rotatable bonds is 4. The van der Waals surface area contributed by atoms with Gasteiger partial charge < -0.3 is 14.8 Å². The molecule has 0 bridgehead atoms. The fourth-order valence-electron chi connectivity index (χ4n) is 3.50. The number of hydrogen-bond acceptors (Lipinski definition) is 5. The van der Waals surface area contributed by atoms with Gasteiger partial charge in [-0.3, -0.25) is 14.8 Å². The minimum absolute atomic E-state index is 0.148. The fourth-order valence-corrected chi connectivity index (χ4v) is 3.50. The molecule has 0 aliphatic carbocycles. The van der Waals surface area contributed by atoms with Crippen molar-refractivity contribution >= 4 is 12.0 Å². The molecule has 26 heavy (non-hydrogen) atoms. The Morgan fingerprint density at radius 2 is 2.35 bits per heavy atom. The average Bonchev–Trinajstić information content (AvgIpc) is 3.10. The summed E-state index contributed by atoms with van der Waals surface area (Å²) in [6.45, 7) is 3.01. The highest BCUT2D eigenvalue weighted by atomic mass is 16.5. The molecule has 2 aliphatic heterocycles. The summed E-state index contributed by atoms with van der Waals surface area (Å²) in [5.74, 6) is 1.55. The number of amides is 1. The summed E-state index contributed by atoms with van der Waals surface area (Å²) in [7, 11) is 3.29. The van der Waals surface area contributed by atoms with E-state index in [4.69, 9.17) is 9.47 Å². The Labute approximate surface area is 152 Å². The quantitative estimate of drug-likeness (QED) is 0.872. The fraction of sp³-hybridized carbons (Fsp3) is 0.368. The molecule has 7 heteroatoms. The van der Waals surface area contributed by atoms with Crippen molar-refractivity contribution in [2.75, 3.05) is 33.9 Å². The highest BCUT2D eigenvalue weighted by Crippen LogP contribution is 2.30. The lowest BCUT2D eigenvalue weighted by Crippen LogP contribution is -2.34. The van der Waals surface area contributed by atoms with Crippen LogP contribution in [0.25, 0.3) is 6.08 Å². The molecule has 0 saturated carbocycles. The zero-order chi connectivity index (χ0) is 18.1. The number of H-pyrrole nitrogens is 1. The maximum absolute atomic E-state index is 12.0. The molecule has 1 aromatic carbocycles. The summed E-state index contributed by atoms with van der Waals surface area (Å²) in [5, 5.41) is 9.83. The number of aromatic amines is 1. The molecule has 1 aromatic heterocycles. The van der Waals surface area contributed by atoms with Crippen LogP contribution in [0.1, 0.15) is 27.3 Å². The van der Waals surface area contributed by atoms with Gasteiger partial charge in [0.25, 0.3) is 5.91 Å². The largest absolute Gasteiger partial charge is 0.497 e. The van der Waals surface area contributed by atoms with Crippen LogP contribution in [0.5, 0.6) is 11.5 Å². The highest BCUT2D eigenvalue weighted by molar-refractivity contribution is 5.93. The van der Waals surface area contributed by atoms with Gasteiger partial charge in [-0.1, -0.05) is 0 Å². The molecule has 136 valence electrons. The lowest BCUT2D eigenvalue weighted by molar-refractivity contribution is 0.0956. The van der Waals surface area contributed by atoms with Gasteiger partial charge in [0.2, 0.25) is 0 Å². The van der Waals surface area contributed by atoms with Crippen LogP contribution in [0.15, 0.2) is 23.8 Å².